The van der Waals surface area contributed by atoms with Gasteiger partial charge in [-0.2, -0.15) is 0 Å². The van der Waals surface area contributed by atoms with Crippen LogP contribution in [0.1, 0.15) is 46.0 Å². The van der Waals surface area contributed by atoms with E-state index in [-0.39, 0.29) is 29.8 Å². The Morgan fingerprint density at radius 1 is 1.50 bits per heavy atom. The maximum Gasteiger partial charge on any atom is 0.236 e. The van der Waals surface area contributed by atoms with Gasteiger partial charge in [-0.05, 0) is 33.1 Å². The topological polar surface area (TPSA) is 64.3 Å². The minimum atomic E-state index is -0.417. The van der Waals surface area contributed by atoms with E-state index in [0.717, 1.165) is 13.0 Å². The number of amides is 1. The maximum absolute atomic E-state index is 11.7. The molecule has 1 spiro atoms. The lowest BCUT2D eigenvalue weighted by molar-refractivity contribution is -0.144. The van der Waals surface area contributed by atoms with Crippen LogP contribution in [0, 0.1) is 5.41 Å². The highest BCUT2D eigenvalue weighted by Crippen LogP contribution is 2.54. The molecule has 2 unspecified atom stereocenters. The molecule has 106 valence electrons. The molecule has 0 aromatic rings. The van der Waals surface area contributed by atoms with Gasteiger partial charge in [-0.15, -0.1) is 12.4 Å². The average molecular weight is 277 g/mol. The number of hydrogen-bond acceptors (Lipinski definition) is 3. The first-order chi connectivity index (χ1) is 8.10. The van der Waals surface area contributed by atoms with Crippen molar-refractivity contribution in [1.29, 1.82) is 0 Å². The summed E-state index contributed by atoms with van der Waals surface area (Å²) in [6.45, 7) is 4.53. The number of nitrogens with one attached hydrogen (secondary N) is 1. The van der Waals surface area contributed by atoms with Gasteiger partial charge in [-0.25, -0.2) is 0 Å². The molecule has 0 saturated heterocycles. The van der Waals surface area contributed by atoms with Gasteiger partial charge in [0.2, 0.25) is 5.91 Å². The SMILES string of the molecule is CCOC1CC(NC(=O)[C@H](C)N)C12CCCC2.Cl. The normalized spacial score (nSPS) is 30.4. The van der Waals surface area contributed by atoms with E-state index in [0.29, 0.717) is 6.10 Å². The average Bonchev–Trinajstić information content (AvgIpc) is 2.79. The van der Waals surface area contributed by atoms with Gasteiger partial charge >= 0.3 is 0 Å². The molecular formula is C13H25ClN2O2. The summed E-state index contributed by atoms with van der Waals surface area (Å²) in [7, 11) is 0. The fourth-order valence-electron chi connectivity index (χ4n) is 3.39. The molecular weight excluding hydrogens is 252 g/mol. The molecule has 2 rings (SSSR count). The predicted molar refractivity (Wildman–Crippen MR) is 73.8 cm³/mol. The zero-order chi connectivity index (χ0) is 12.5. The molecule has 18 heavy (non-hydrogen) atoms. The van der Waals surface area contributed by atoms with Gasteiger partial charge in [0.25, 0.3) is 0 Å². The Morgan fingerprint density at radius 3 is 2.61 bits per heavy atom. The second-order valence-electron chi connectivity index (χ2n) is 5.47. The van der Waals surface area contributed by atoms with E-state index < -0.39 is 6.04 Å². The standard InChI is InChI=1S/C13H24N2O2.ClH/c1-3-17-11-8-10(15-12(16)9(2)14)13(11)6-4-5-7-13;/h9-11H,3-8,14H2,1-2H3,(H,15,16);1H/t9-,10?,11?;/m0./s1. The van der Waals surface area contributed by atoms with Crippen molar-refractivity contribution in [1.82, 2.24) is 5.32 Å². The number of halogens is 1. The van der Waals surface area contributed by atoms with E-state index in [1.54, 1.807) is 6.92 Å². The molecule has 2 aliphatic rings. The summed E-state index contributed by atoms with van der Waals surface area (Å²) >= 11 is 0. The second kappa shape index (κ2) is 6.22. The Kier molecular flexibility index (Phi) is 5.44. The summed E-state index contributed by atoms with van der Waals surface area (Å²) in [6.07, 6.45) is 6.17. The third-order valence-corrected chi connectivity index (χ3v) is 4.42. The number of carbonyl (C=O) groups is 1. The van der Waals surface area contributed by atoms with Gasteiger partial charge in [0.1, 0.15) is 0 Å². The Morgan fingerprint density at radius 2 is 2.11 bits per heavy atom. The van der Waals surface area contributed by atoms with Crippen LogP contribution in [-0.2, 0) is 9.53 Å². The third-order valence-electron chi connectivity index (χ3n) is 4.42. The van der Waals surface area contributed by atoms with E-state index in [1.807, 2.05) is 6.92 Å². The molecule has 0 aliphatic heterocycles. The number of hydrogen-bond donors (Lipinski definition) is 2. The number of rotatable bonds is 4. The lowest BCUT2D eigenvalue weighted by atomic mass is 9.60. The molecule has 0 bridgehead atoms. The van der Waals surface area contributed by atoms with Crippen LogP contribution in [0.15, 0.2) is 0 Å². The second-order valence-corrected chi connectivity index (χ2v) is 5.47. The monoisotopic (exact) mass is 276 g/mol. The van der Waals surface area contributed by atoms with E-state index in [1.165, 1.54) is 25.7 Å². The number of carbonyl (C=O) groups excluding carboxylic acids is 1. The largest absolute Gasteiger partial charge is 0.378 e. The van der Waals surface area contributed by atoms with Gasteiger partial charge < -0.3 is 15.8 Å². The van der Waals surface area contributed by atoms with Crippen LogP contribution < -0.4 is 11.1 Å². The Hall–Kier alpha value is -0.320. The lowest BCUT2D eigenvalue weighted by Gasteiger charge is -2.54. The molecule has 3 atom stereocenters. The van der Waals surface area contributed by atoms with Crippen molar-refractivity contribution in [3.8, 4) is 0 Å². The van der Waals surface area contributed by atoms with Crippen molar-refractivity contribution in [2.75, 3.05) is 6.61 Å². The summed E-state index contributed by atoms with van der Waals surface area (Å²) in [4.78, 5) is 11.7. The van der Waals surface area contributed by atoms with Crippen molar-refractivity contribution >= 4 is 18.3 Å². The van der Waals surface area contributed by atoms with E-state index in [4.69, 9.17) is 10.5 Å². The van der Waals surface area contributed by atoms with Crippen LogP contribution in [0.4, 0.5) is 0 Å². The summed E-state index contributed by atoms with van der Waals surface area (Å²) in [6, 6.07) is -0.139. The highest BCUT2D eigenvalue weighted by Gasteiger charge is 2.57. The molecule has 1 amide bonds. The van der Waals surface area contributed by atoms with Crippen molar-refractivity contribution in [3.05, 3.63) is 0 Å². The van der Waals surface area contributed by atoms with E-state index >= 15 is 0 Å². The van der Waals surface area contributed by atoms with Crippen LogP contribution in [-0.4, -0.2) is 30.7 Å². The smallest absolute Gasteiger partial charge is 0.236 e. The zero-order valence-corrected chi connectivity index (χ0v) is 12.1. The molecule has 0 heterocycles. The molecule has 0 radical (unpaired) electrons. The summed E-state index contributed by atoms with van der Waals surface area (Å²) in [5.74, 6) is -0.0313. The van der Waals surface area contributed by atoms with Crippen LogP contribution in [0.5, 0.6) is 0 Å². The minimum absolute atomic E-state index is 0. The summed E-state index contributed by atoms with van der Waals surface area (Å²) in [5.41, 5.74) is 5.81. The van der Waals surface area contributed by atoms with Gasteiger partial charge in [-0.1, -0.05) is 12.8 Å². The summed E-state index contributed by atoms with van der Waals surface area (Å²) < 4.78 is 5.81. The van der Waals surface area contributed by atoms with E-state index in [9.17, 15) is 4.79 Å². The highest BCUT2D eigenvalue weighted by atomic mass is 35.5. The van der Waals surface area contributed by atoms with Crippen molar-refractivity contribution in [3.63, 3.8) is 0 Å². The fourth-order valence-corrected chi connectivity index (χ4v) is 3.39. The minimum Gasteiger partial charge on any atom is -0.378 e. The first-order valence-electron chi connectivity index (χ1n) is 6.77. The highest BCUT2D eigenvalue weighted by molar-refractivity contribution is 5.85. The van der Waals surface area contributed by atoms with Gasteiger partial charge in [0, 0.05) is 18.1 Å². The molecule has 2 fully saturated rings. The predicted octanol–water partition coefficient (Wildman–Crippen LogP) is 1.61. The van der Waals surface area contributed by atoms with Crippen molar-refractivity contribution in [2.45, 2.75) is 64.1 Å². The van der Waals surface area contributed by atoms with Gasteiger partial charge in [-0.3, -0.25) is 4.79 Å². The third kappa shape index (κ3) is 2.65. The lowest BCUT2D eigenvalue weighted by Crippen LogP contribution is -2.65. The molecule has 0 aromatic carbocycles. The van der Waals surface area contributed by atoms with Crippen LogP contribution in [0.25, 0.3) is 0 Å². The van der Waals surface area contributed by atoms with Crippen LogP contribution >= 0.6 is 12.4 Å². The molecule has 3 N–H and O–H groups in total. The van der Waals surface area contributed by atoms with Crippen molar-refractivity contribution in [2.24, 2.45) is 11.1 Å². The first-order valence-corrected chi connectivity index (χ1v) is 6.77. The quantitative estimate of drug-likeness (QED) is 0.820. The Bertz CT molecular complexity index is 291. The summed E-state index contributed by atoms with van der Waals surface area (Å²) in [5, 5.41) is 3.09. The molecule has 2 saturated carbocycles. The number of ether oxygens (including phenoxy) is 1. The fraction of sp³-hybridized carbons (Fsp3) is 0.923. The molecule has 2 aliphatic carbocycles. The Labute approximate surface area is 115 Å². The van der Waals surface area contributed by atoms with Crippen molar-refractivity contribution < 1.29 is 9.53 Å². The van der Waals surface area contributed by atoms with E-state index in [2.05, 4.69) is 5.32 Å². The number of nitrogens with two attached hydrogens (primary N) is 1. The van der Waals surface area contributed by atoms with Crippen LogP contribution in [0.3, 0.4) is 0 Å². The van der Waals surface area contributed by atoms with Gasteiger partial charge in [0.05, 0.1) is 12.1 Å². The zero-order valence-electron chi connectivity index (χ0n) is 11.3. The van der Waals surface area contributed by atoms with Crippen LogP contribution in [0.2, 0.25) is 0 Å². The molecule has 5 heteroatoms. The molecule has 0 aromatic heterocycles. The van der Waals surface area contributed by atoms with Gasteiger partial charge in [0.15, 0.2) is 0 Å². The Balaban J connectivity index is 0.00000162. The first kappa shape index (κ1) is 15.7. The maximum atomic E-state index is 11.7. The molecule has 4 nitrogen and oxygen atoms in total.